The van der Waals surface area contributed by atoms with Gasteiger partial charge in [0.15, 0.2) is 0 Å². The number of benzene rings is 2. The minimum absolute atomic E-state index is 0.0176. The second kappa shape index (κ2) is 7.08. The normalized spacial score (nSPS) is 10.3. The standard InChI is InChI=1S/C15H15BrN2O3/c16-14-7-6-13(18(19)20)10-15(14)21-8-2-4-11-3-1-5-12(17)9-11/h1,3,5-7,9-10H,2,4,8,17H2. The number of anilines is 1. The molecule has 2 rings (SSSR count). The summed E-state index contributed by atoms with van der Waals surface area (Å²) in [5.74, 6) is 0.483. The molecule has 0 bridgehead atoms. The largest absolute Gasteiger partial charge is 0.492 e. The first-order valence-corrected chi connectivity index (χ1v) is 7.27. The summed E-state index contributed by atoms with van der Waals surface area (Å²) in [6.45, 7) is 0.481. The Balaban J connectivity index is 1.88. The molecule has 6 heteroatoms. The lowest BCUT2D eigenvalue weighted by Crippen LogP contribution is -2.01. The molecule has 0 heterocycles. The molecule has 2 aromatic carbocycles. The van der Waals surface area contributed by atoms with Gasteiger partial charge in [0.05, 0.1) is 22.1 Å². The van der Waals surface area contributed by atoms with Crippen molar-refractivity contribution in [2.24, 2.45) is 0 Å². The maximum Gasteiger partial charge on any atom is 0.273 e. The van der Waals surface area contributed by atoms with Crippen LogP contribution in [-0.2, 0) is 6.42 Å². The molecule has 0 saturated heterocycles. The van der Waals surface area contributed by atoms with Gasteiger partial charge in [0, 0.05) is 11.8 Å². The summed E-state index contributed by atoms with van der Waals surface area (Å²) in [4.78, 5) is 10.3. The van der Waals surface area contributed by atoms with E-state index in [1.54, 1.807) is 6.07 Å². The van der Waals surface area contributed by atoms with Crippen molar-refractivity contribution in [3.8, 4) is 5.75 Å². The van der Waals surface area contributed by atoms with E-state index in [-0.39, 0.29) is 5.69 Å². The zero-order chi connectivity index (χ0) is 15.2. The molecule has 110 valence electrons. The van der Waals surface area contributed by atoms with Crippen molar-refractivity contribution in [3.05, 3.63) is 62.6 Å². The van der Waals surface area contributed by atoms with Crippen LogP contribution < -0.4 is 10.5 Å². The van der Waals surface area contributed by atoms with E-state index in [0.29, 0.717) is 16.8 Å². The molecule has 0 amide bonds. The number of nitrogens with zero attached hydrogens (tertiary/aromatic N) is 1. The van der Waals surface area contributed by atoms with Gasteiger partial charge < -0.3 is 10.5 Å². The number of aryl methyl sites for hydroxylation is 1. The van der Waals surface area contributed by atoms with Crippen LogP contribution in [0.25, 0.3) is 0 Å². The predicted octanol–water partition coefficient (Wildman–Crippen LogP) is 3.95. The van der Waals surface area contributed by atoms with Gasteiger partial charge in [-0.1, -0.05) is 12.1 Å². The molecule has 2 N–H and O–H groups in total. The molecule has 2 aromatic rings. The molecule has 0 atom stereocenters. The van der Waals surface area contributed by atoms with Crippen molar-refractivity contribution in [1.29, 1.82) is 0 Å². The van der Waals surface area contributed by atoms with Crippen molar-refractivity contribution in [2.45, 2.75) is 12.8 Å². The average Bonchev–Trinajstić information content (AvgIpc) is 2.45. The maximum atomic E-state index is 10.7. The third-order valence-corrected chi connectivity index (χ3v) is 3.60. The summed E-state index contributed by atoms with van der Waals surface area (Å²) in [7, 11) is 0. The summed E-state index contributed by atoms with van der Waals surface area (Å²) in [6, 6.07) is 12.2. The molecule has 0 aliphatic carbocycles. The number of nitro groups is 1. The van der Waals surface area contributed by atoms with Crippen LogP contribution in [0, 0.1) is 10.1 Å². The highest BCUT2D eigenvalue weighted by molar-refractivity contribution is 9.10. The van der Waals surface area contributed by atoms with E-state index in [2.05, 4.69) is 15.9 Å². The van der Waals surface area contributed by atoms with E-state index in [0.717, 1.165) is 24.1 Å². The van der Waals surface area contributed by atoms with Gasteiger partial charge in [-0.25, -0.2) is 0 Å². The zero-order valence-corrected chi connectivity index (χ0v) is 12.9. The number of non-ortho nitro benzene ring substituents is 1. The SMILES string of the molecule is Nc1cccc(CCCOc2cc([N+](=O)[O-])ccc2Br)c1. The molecule has 0 radical (unpaired) electrons. The molecule has 0 aliphatic heterocycles. The van der Waals surface area contributed by atoms with Crippen molar-refractivity contribution < 1.29 is 9.66 Å². The molecule has 0 aliphatic rings. The number of nitro benzene ring substituents is 1. The van der Waals surface area contributed by atoms with Crippen LogP contribution in [0.15, 0.2) is 46.9 Å². The van der Waals surface area contributed by atoms with Gasteiger partial charge in [-0.2, -0.15) is 0 Å². The molecule has 5 nitrogen and oxygen atoms in total. The van der Waals surface area contributed by atoms with Crippen LogP contribution in [0.4, 0.5) is 11.4 Å². The van der Waals surface area contributed by atoms with Crippen molar-refractivity contribution >= 4 is 27.3 Å². The molecule has 0 fully saturated rings. The summed E-state index contributed by atoms with van der Waals surface area (Å²) in [5.41, 5.74) is 7.63. The molecular weight excluding hydrogens is 336 g/mol. The number of nitrogen functional groups attached to an aromatic ring is 1. The zero-order valence-electron chi connectivity index (χ0n) is 11.3. The number of nitrogens with two attached hydrogens (primary N) is 1. The highest BCUT2D eigenvalue weighted by Gasteiger charge is 2.10. The monoisotopic (exact) mass is 350 g/mol. The van der Waals surface area contributed by atoms with Crippen LogP contribution in [-0.4, -0.2) is 11.5 Å². The van der Waals surface area contributed by atoms with E-state index in [1.165, 1.54) is 12.1 Å². The Morgan fingerprint density at radius 2 is 2.05 bits per heavy atom. The Kier molecular flexibility index (Phi) is 5.16. The summed E-state index contributed by atoms with van der Waals surface area (Å²) in [6.07, 6.45) is 1.65. The molecule has 0 saturated carbocycles. The Hall–Kier alpha value is -2.08. The Morgan fingerprint density at radius 3 is 2.76 bits per heavy atom. The number of halogens is 1. The lowest BCUT2D eigenvalue weighted by atomic mass is 10.1. The van der Waals surface area contributed by atoms with E-state index >= 15 is 0 Å². The Labute approximate surface area is 131 Å². The number of hydrogen-bond acceptors (Lipinski definition) is 4. The van der Waals surface area contributed by atoms with Gasteiger partial charge in [-0.05, 0) is 52.5 Å². The quantitative estimate of drug-likeness (QED) is 0.370. The van der Waals surface area contributed by atoms with E-state index in [1.807, 2.05) is 24.3 Å². The van der Waals surface area contributed by atoms with Crippen LogP contribution in [0.5, 0.6) is 5.75 Å². The van der Waals surface area contributed by atoms with Crippen molar-refractivity contribution in [2.75, 3.05) is 12.3 Å². The number of rotatable bonds is 6. The second-order valence-corrected chi connectivity index (χ2v) is 5.42. The molecule has 0 spiro atoms. The van der Waals surface area contributed by atoms with Gasteiger partial charge in [-0.15, -0.1) is 0 Å². The first-order chi connectivity index (χ1) is 10.1. The van der Waals surface area contributed by atoms with Gasteiger partial charge in [-0.3, -0.25) is 10.1 Å². The summed E-state index contributed by atoms with van der Waals surface area (Å²) >= 11 is 3.32. The summed E-state index contributed by atoms with van der Waals surface area (Å²) in [5, 5.41) is 10.7. The van der Waals surface area contributed by atoms with Gasteiger partial charge in [0.2, 0.25) is 0 Å². The van der Waals surface area contributed by atoms with Crippen LogP contribution in [0.2, 0.25) is 0 Å². The van der Waals surface area contributed by atoms with Crippen molar-refractivity contribution in [1.82, 2.24) is 0 Å². The van der Waals surface area contributed by atoms with Gasteiger partial charge in [0.25, 0.3) is 5.69 Å². The molecular formula is C15H15BrN2O3. The van der Waals surface area contributed by atoms with Crippen molar-refractivity contribution in [3.63, 3.8) is 0 Å². The minimum Gasteiger partial charge on any atom is -0.492 e. The smallest absolute Gasteiger partial charge is 0.273 e. The van der Waals surface area contributed by atoms with E-state index in [9.17, 15) is 10.1 Å². The van der Waals surface area contributed by atoms with E-state index in [4.69, 9.17) is 10.5 Å². The van der Waals surface area contributed by atoms with Gasteiger partial charge in [0.1, 0.15) is 5.75 Å². The summed E-state index contributed by atoms with van der Waals surface area (Å²) < 4.78 is 6.30. The lowest BCUT2D eigenvalue weighted by molar-refractivity contribution is -0.385. The molecule has 0 unspecified atom stereocenters. The maximum absolute atomic E-state index is 10.7. The van der Waals surface area contributed by atoms with Crippen LogP contribution in [0.1, 0.15) is 12.0 Å². The fraction of sp³-hybridized carbons (Fsp3) is 0.200. The average molecular weight is 351 g/mol. The lowest BCUT2D eigenvalue weighted by Gasteiger charge is -2.08. The fourth-order valence-electron chi connectivity index (χ4n) is 1.92. The minimum atomic E-state index is -0.438. The highest BCUT2D eigenvalue weighted by Crippen LogP contribution is 2.29. The van der Waals surface area contributed by atoms with Gasteiger partial charge >= 0.3 is 0 Å². The van der Waals surface area contributed by atoms with Crippen LogP contribution >= 0.6 is 15.9 Å². The number of hydrogen-bond donors (Lipinski definition) is 1. The third kappa shape index (κ3) is 4.46. The Bertz CT molecular complexity index is 647. The first-order valence-electron chi connectivity index (χ1n) is 6.47. The predicted molar refractivity (Wildman–Crippen MR) is 85.5 cm³/mol. The third-order valence-electron chi connectivity index (χ3n) is 2.94. The Morgan fingerprint density at radius 1 is 1.24 bits per heavy atom. The molecule has 0 aromatic heterocycles. The fourth-order valence-corrected chi connectivity index (χ4v) is 2.28. The van der Waals surface area contributed by atoms with E-state index < -0.39 is 4.92 Å². The number of ether oxygens (including phenoxy) is 1. The topological polar surface area (TPSA) is 78.4 Å². The first kappa shape index (κ1) is 15.3. The van der Waals surface area contributed by atoms with Crippen LogP contribution in [0.3, 0.4) is 0 Å². The second-order valence-electron chi connectivity index (χ2n) is 4.57. The molecule has 21 heavy (non-hydrogen) atoms. The highest BCUT2D eigenvalue weighted by atomic mass is 79.9.